The van der Waals surface area contributed by atoms with Crippen LogP contribution in [0, 0.1) is 0 Å². The van der Waals surface area contributed by atoms with Gasteiger partial charge in [0, 0.05) is 18.4 Å². The average molecular weight is 508 g/mol. The standard InChI is InChI=1S/C26H24F3N7O/c27-25(13-26(28,29)14-25)20-2-1-3-21(33-20)36-22-19(23(37)35(36)18-6-7-18)12-31-24(34-22)32-17-5-4-16-11-30-9-8-15(16)10-17/h1-5,10,12,18,30H,6-9,11,13-14H2,(H,31,32,34). The number of halogens is 3. The van der Waals surface area contributed by atoms with Crippen molar-refractivity contribution < 1.29 is 13.2 Å². The van der Waals surface area contributed by atoms with Crippen molar-refractivity contribution in [2.45, 2.75) is 56.3 Å². The van der Waals surface area contributed by atoms with Crippen LogP contribution in [0.1, 0.15) is 48.5 Å². The van der Waals surface area contributed by atoms with Gasteiger partial charge in [-0.15, -0.1) is 0 Å². The zero-order valence-corrected chi connectivity index (χ0v) is 19.8. The number of pyridine rings is 1. The maximum atomic E-state index is 15.2. The van der Waals surface area contributed by atoms with Crippen LogP contribution in [0.2, 0.25) is 0 Å². The van der Waals surface area contributed by atoms with Gasteiger partial charge in [0.25, 0.3) is 11.5 Å². The Bertz CT molecular complexity index is 1600. The first-order valence-corrected chi connectivity index (χ1v) is 12.4. The molecule has 0 atom stereocenters. The van der Waals surface area contributed by atoms with E-state index in [2.05, 4.69) is 37.7 Å². The van der Waals surface area contributed by atoms with Crippen molar-refractivity contribution in [2.24, 2.45) is 0 Å². The second-order valence-electron chi connectivity index (χ2n) is 10.2. The van der Waals surface area contributed by atoms with Crippen LogP contribution in [0.4, 0.5) is 24.8 Å². The summed E-state index contributed by atoms with van der Waals surface area (Å²) >= 11 is 0. The molecule has 0 saturated heterocycles. The zero-order valence-electron chi connectivity index (χ0n) is 19.8. The van der Waals surface area contributed by atoms with Crippen molar-refractivity contribution in [3.8, 4) is 5.82 Å². The predicted molar refractivity (Wildman–Crippen MR) is 131 cm³/mol. The summed E-state index contributed by atoms with van der Waals surface area (Å²) < 4.78 is 45.3. The van der Waals surface area contributed by atoms with Crippen molar-refractivity contribution >= 4 is 22.7 Å². The largest absolute Gasteiger partial charge is 0.324 e. The number of fused-ring (bicyclic) bond motifs is 2. The Morgan fingerprint density at radius 2 is 1.89 bits per heavy atom. The van der Waals surface area contributed by atoms with Crippen LogP contribution in [-0.4, -0.2) is 36.8 Å². The maximum absolute atomic E-state index is 15.2. The zero-order chi connectivity index (χ0) is 25.4. The van der Waals surface area contributed by atoms with Crippen molar-refractivity contribution in [3.63, 3.8) is 0 Å². The molecule has 2 aliphatic carbocycles. The van der Waals surface area contributed by atoms with Crippen LogP contribution in [-0.2, 0) is 18.6 Å². The number of nitrogens with one attached hydrogen (secondary N) is 2. The third kappa shape index (κ3) is 3.79. The summed E-state index contributed by atoms with van der Waals surface area (Å²) in [5.41, 5.74) is 1.14. The number of aromatic nitrogens is 5. The van der Waals surface area contributed by atoms with Crippen LogP contribution >= 0.6 is 0 Å². The fourth-order valence-electron chi connectivity index (χ4n) is 5.35. The van der Waals surface area contributed by atoms with E-state index < -0.39 is 24.4 Å². The molecule has 3 aliphatic rings. The summed E-state index contributed by atoms with van der Waals surface area (Å²) in [6.45, 7) is 1.76. The van der Waals surface area contributed by atoms with Crippen LogP contribution in [0.15, 0.2) is 47.4 Å². The highest BCUT2D eigenvalue weighted by Gasteiger charge is 2.59. The molecule has 0 bridgehead atoms. The van der Waals surface area contributed by atoms with Crippen LogP contribution in [0.25, 0.3) is 16.9 Å². The molecule has 190 valence electrons. The lowest BCUT2D eigenvalue weighted by atomic mass is 9.76. The number of hydrogen-bond acceptors (Lipinski definition) is 6. The molecule has 0 spiro atoms. The molecule has 0 unspecified atom stereocenters. The second kappa shape index (κ2) is 7.88. The Labute approximate surface area is 209 Å². The number of benzene rings is 1. The van der Waals surface area contributed by atoms with E-state index in [4.69, 9.17) is 0 Å². The van der Waals surface area contributed by atoms with Crippen LogP contribution in [0.3, 0.4) is 0 Å². The SMILES string of the molecule is O=c1c2cnc(Nc3ccc4c(c3)CCNC4)nc2n(-c2cccc(C3(F)CC(F)(F)C3)n2)n1C1CC1. The van der Waals surface area contributed by atoms with Crippen molar-refractivity contribution in [3.05, 3.63) is 69.8 Å². The van der Waals surface area contributed by atoms with E-state index in [1.54, 1.807) is 21.5 Å². The summed E-state index contributed by atoms with van der Waals surface area (Å²) in [6, 6.07) is 10.7. The lowest BCUT2D eigenvalue weighted by Gasteiger charge is -2.40. The molecule has 0 radical (unpaired) electrons. The monoisotopic (exact) mass is 507 g/mol. The summed E-state index contributed by atoms with van der Waals surface area (Å²) in [5.74, 6) is -2.47. The van der Waals surface area contributed by atoms with E-state index in [1.165, 1.54) is 23.4 Å². The average Bonchev–Trinajstić information content (AvgIpc) is 3.66. The summed E-state index contributed by atoms with van der Waals surface area (Å²) in [5, 5.41) is 6.89. The van der Waals surface area contributed by atoms with E-state index in [9.17, 15) is 13.6 Å². The normalized spacial score (nSPS) is 19.9. The van der Waals surface area contributed by atoms with Gasteiger partial charge in [0.05, 0.1) is 24.6 Å². The molecule has 0 amide bonds. The highest BCUT2D eigenvalue weighted by molar-refractivity contribution is 5.77. The van der Waals surface area contributed by atoms with Gasteiger partial charge in [0.1, 0.15) is 5.39 Å². The van der Waals surface area contributed by atoms with E-state index in [0.717, 1.165) is 38.0 Å². The van der Waals surface area contributed by atoms with E-state index in [-0.39, 0.29) is 23.1 Å². The third-order valence-corrected chi connectivity index (χ3v) is 7.35. The van der Waals surface area contributed by atoms with Crippen LogP contribution < -0.4 is 16.2 Å². The Morgan fingerprint density at radius 3 is 2.68 bits per heavy atom. The fourth-order valence-corrected chi connectivity index (χ4v) is 5.35. The number of alkyl halides is 3. The van der Waals surface area contributed by atoms with Gasteiger partial charge in [-0.25, -0.2) is 32.5 Å². The number of nitrogens with zero attached hydrogens (tertiary/aromatic N) is 5. The molecule has 2 N–H and O–H groups in total. The molecule has 3 aromatic heterocycles. The van der Waals surface area contributed by atoms with Gasteiger partial charge in [-0.1, -0.05) is 12.1 Å². The first kappa shape index (κ1) is 22.5. The Hall–Kier alpha value is -3.73. The molecule has 4 heterocycles. The lowest BCUT2D eigenvalue weighted by Crippen LogP contribution is -2.46. The molecule has 37 heavy (non-hydrogen) atoms. The van der Waals surface area contributed by atoms with Gasteiger partial charge in [-0.3, -0.25) is 4.79 Å². The molecule has 7 rings (SSSR count). The van der Waals surface area contributed by atoms with Gasteiger partial charge >= 0.3 is 0 Å². The molecular formula is C26H24F3N7O. The third-order valence-electron chi connectivity index (χ3n) is 7.35. The minimum Gasteiger partial charge on any atom is -0.324 e. The number of rotatable bonds is 5. The van der Waals surface area contributed by atoms with Crippen molar-refractivity contribution in [2.75, 3.05) is 11.9 Å². The minimum atomic E-state index is -3.04. The van der Waals surface area contributed by atoms with Gasteiger partial charge in [-0.2, -0.15) is 4.98 Å². The molecule has 1 aromatic carbocycles. The number of anilines is 2. The van der Waals surface area contributed by atoms with Gasteiger partial charge in [-0.05, 0) is 61.2 Å². The highest BCUT2D eigenvalue weighted by Crippen LogP contribution is 2.54. The van der Waals surface area contributed by atoms with Gasteiger partial charge in [0.2, 0.25) is 5.95 Å². The molecule has 11 heteroatoms. The molecule has 4 aromatic rings. The minimum absolute atomic E-state index is 0.0369. The van der Waals surface area contributed by atoms with E-state index >= 15 is 4.39 Å². The Balaban J connectivity index is 1.31. The smallest absolute Gasteiger partial charge is 0.278 e. The highest BCUT2D eigenvalue weighted by atomic mass is 19.3. The Morgan fingerprint density at radius 1 is 1.05 bits per heavy atom. The quantitative estimate of drug-likeness (QED) is 0.419. The van der Waals surface area contributed by atoms with Crippen LogP contribution in [0.5, 0.6) is 0 Å². The summed E-state index contributed by atoms with van der Waals surface area (Å²) in [4.78, 5) is 26.7. The molecular weight excluding hydrogens is 483 g/mol. The topological polar surface area (TPSA) is 89.7 Å². The van der Waals surface area contributed by atoms with E-state index in [0.29, 0.717) is 17.0 Å². The predicted octanol–water partition coefficient (Wildman–Crippen LogP) is 4.30. The van der Waals surface area contributed by atoms with Crippen molar-refractivity contribution in [1.29, 1.82) is 0 Å². The fraction of sp³-hybridized carbons (Fsp3) is 0.385. The Kier molecular flexibility index (Phi) is 4.79. The lowest BCUT2D eigenvalue weighted by molar-refractivity contribution is -0.176. The molecule has 1 aliphatic heterocycles. The summed E-state index contributed by atoms with van der Waals surface area (Å²) in [7, 11) is 0. The van der Waals surface area contributed by atoms with Gasteiger partial charge in [0.15, 0.2) is 17.1 Å². The number of hydrogen-bond donors (Lipinski definition) is 2. The first-order chi connectivity index (χ1) is 17.8. The van der Waals surface area contributed by atoms with Crippen molar-refractivity contribution in [1.82, 2.24) is 29.6 Å². The molecule has 2 saturated carbocycles. The second-order valence-corrected chi connectivity index (χ2v) is 10.2. The first-order valence-electron chi connectivity index (χ1n) is 12.4. The summed E-state index contributed by atoms with van der Waals surface area (Å²) in [6.07, 6.45) is 2.25. The molecule has 2 fully saturated rings. The maximum Gasteiger partial charge on any atom is 0.278 e. The van der Waals surface area contributed by atoms with E-state index in [1.807, 2.05) is 6.07 Å². The van der Waals surface area contributed by atoms with Gasteiger partial charge < -0.3 is 10.6 Å². The molecule has 8 nitrogen and oxygen atoms in total.